The van der Waals surface area contributed by atoms with Crippen molar-refractivity contribution in [2.45, 2.75) is 46.6 Å². The van der Waals surface area contributed by atoms with Crippen molar-refractivity contribution in [2.24, 2.45) is 17.1 Å². The van der Waals surface area contributed by atoms with Gasteiger partial charge in [0.25, 0.3) is 0 Å². The molecule has 1 aliphatic rings. The molecule has 0 aliphatic heterocycles. The van der Waals surface area contributed by atoms with E-state index in [2.05, 4.69) is 0 Å². The van der Waals surface area contributed by atoms with Crippen LogP contribution in [0.5, 0.6) is 0 Å². The van der Waals surface area contributed by atoms with Crippen LogP contribution in [-0.4, -0.2) is 22.6 Å². The van der Waals surface area contributed by atoms with Gasteiger partial charge in [0.05, 0.1) is 11.5 Å². The molecule has 0 aromatic carbocycles. The first kappa shape index (κ1) is 16.4. The molecule has 1 amide bonds. The molecule has 0 aromatic heterocycles. The Kier molecular flexibility index (Phi) is 4.44. The van der Waals surface area contributed by atoms with Gasteiger partial charge in [0.15, 0.2) is 0 Å². The highest BCUT2D eigenvalue weighted by Crippen LogP contribution is 2.37. The van der Waals surface area contributed by atoms with Gasteiger partial charge in [-0.3, -0.25) is 9.59 Å². The summed E-state index contributed by atoms with van der Waals surface area (Å²) in [4.78, 5) is 22.8. The second kappa shape index (κ2) is 5.40. The van der Waals surface area contributed by atoms with Gasteiger partial charge in [0.2, 0.25) is 5.91 Å². The van der Waals surface area contributed by atoms with Crippen LogP contribution in [0, 0.1) is 11.3 Å². The summed E-state index contributed by atoms with van der Waals surface area (Å²) in [5.74, 6) is -1.56. The molecule has 0 saturated carbocycles. The lowest BCUT2D eigenvalue weighted by Gasteiger charge is -2.28. The lowest BCUT2D eigenvalue weighted by molar-refractivity contribution is -0.138. The van der Waals surface area contributed by atoms with Gasteiger partial charge in [-0.05, 0) is 24.0 Å². The summed E-state index contributed by atoms with van der Waals surface area (Å²) in [6, 6.07) is 0. The third kappa shape index (κ3) is 3.93. The maximum absolute atomic E-state index is 11.6. The van der Waals surface area contributed by atoms with E-state index in [9.17, 15) is 14.7 Å². The average Bonchev–Trinajstić information content (AvgIpc) is 2.31. The van der Waals surface area contributed by atoms with Crippen LogP contribution >= 0.6 is 0 Å². The number of rotatable bonds is 2. The quantitative estimate of drug-likeness (QED) is 0.753. The minimum atomic E-state index is -1.39. The normalized spacial score (nSPS) is 27.2. The minimum Gasteiger partial charge on any atom is -0.431 e. The number of primary amides is 1. The molecule has 1 aliphatic carbocycles. The van der Waals surface area contributed by atoms with Crippen molar-refractivity contribution in [2.75, 3.05) is 0 Å². The number of carbonyl (C=O) groups excluding carboxylic acids is 2. The molecule has 0 saturated heterocycles. The van der Waals surface area contributed by atoms with Crippen LogP contribution in [0.15, 0.2) is 23.5 Å². The van der Waals surface area contributed by atoms with Crippen molar-refractivity contribution < 1.29 is 19.4 Å². The predicted molar refractivity (Wildman–Crippen MR) is 75.3 cm³/mol. The number of ether oxygens (including phenoxy) is 1. The fourth-order valence-electron chi connectivity index (χ4n) is 2.20. The van der Waals surface area contributed by atoms with Crippen LogP contribution in [0.25, 0.3) is 0 Å². The van der Waals surface area contributed by atoms with Crippen LogP contribution in [0.3, 0.4) is 0 Å². The monoisotopic (exact) mass is 281 g/mol. The third-order valence-electron chi connectivity index (χ3n) is 3.31. The van der Waals surface area contributed by atoms with E-state index in [4.69, 9.17) is 10.5 Å². The summed E-state index contributed by atoms with van der Waals surface area (Å²) >= 11 is 0. The molecule has 5 nitrogen and oxygen atoms in total. The molecular weight excluding hydrogens is 258 g/mol. The fraction of sp³-hybridized carbons (Fsp3) is 0.600. The van der Waals surface area contributed by atoms with Crippen molar-refractivity contribution in [1.29, 1.82) is 0 Å². The van der Waals surface area contributed by atoms with Gasteiger partial charge in [0, 0.05) is 13.3 Å². The van der Waals surface area contributed by atoms with E-state index in [-0.39, 0.29) is 11.8 Å². The maximum atomic E-state index is 11.6. The Morgan fingerprint density at radius 3 is 2.40 bits per heavy atom. The first-order valence-electron chi connectivity index (χ1n) is 6.56. The van der Waals surface area contributed by atoms with Gasteiger partial charge in [-0.1, -0.05) is 26.8 Å². The highest BCUT2D eigenvalue weighted by molar-refractivity contribution is 5.80. The summed E-state index contributed by atoms with van der Waals surface area (Å²) in [7, 11) is 0. The first-order valence-corrected chi connectivity index (χ1v) is 6.56. The van der Waals surface area contributed by atoms with Gasteiger partial charge in [-0.25, -0.2) is 0 Å². The van der Waals surface area contributed by atoms with E-state index in [0.717, 1.165) is 5.57 Å². The van der Waals surface area contributed by atoms with Crippen molar-refractivity contribution in [1.82, 2.24) is 0 Å². The number of amides is 1. The van der Waals surface area contributed by atoms with E-state index in [1.54, 1.807) is 12.2 Å². The summed E-state index contributed by atoms with van der Waals surface area (Å²) in [5, 5.41) is 10.5. The molecule has 0 unspecified atom stereocenters. The number of hydrogen-bond acceptors (Lipinski definition) is 4. The van der Waals surface area contributed by atoms with Crippen molar-refractivity contribution in [3.05, 3.63) is 23.5 Å². The minimum absolute atomic E-state index is 0.0519. The second-order valence-electron chi connectivity index (χ2n) is 6.49. The molecule has 0 fully saturated rings. The van der Waals surface area contributed by atoms with Crippen molar-refractivity contribution >= 4 is 11.9 Å². The molecule has 0 radical (unpaired) electrons. The number of esters is 1. The van der Waals surface area contributed by atoms with Gasteiger partial charge >= 0.3 is 5.97 Å². The fourth-order valence-corrected chi connectivity index (χ4v) is 2.20. The zero-order chi connectivity index (χ0) is 15.7. The molecule has 0 spiro atoms. The van der Waals surface area contributed by atoms with E-state index in [1.807, 2.05) is 20.8 Å². The molecular formula is C15H23NO4. The summed E-state index contributed by atoms with van der Waals surface area (Å²) in [6.45, 7) is 8.73. The Morgan fingerprint density at radius 1 is 1.45 bits per heavy atom. The lowest BCUT2D eigenvalue weighted by Crippen LogP contribution is -2.42. The third-order valence-corrected chi connectivity index (χ3v) is 3.31. The predicted octanol–water partition coefficient (Wildman–Crippen LogP) is 1.66. The number of carbonyl (C=O) groups is 2. The van der Waals surface area contributed by atoms with Crippen molar-refractivity contribution in [3.8, 4) is 0 Å². The summed E-state index contributed by atoms with van der Waals surface area (Å²) in [5.41, 5.74) is 4.54. The smallest absolute Gasteiger partial charge is 0.307 e. The summed E-state index contributed by atoms with van der Waals surface area (Å²) < 4.78 is 5.13. The van der Waals surface area contributed by atoms with Crippen LogP contribution < -0.4 is 5.73 Å². The molecule has 0 bridgehead atoms. The lowest BCUT2D eigenvalue weighted by atomic mass is 9.81. The number of hydrogen-bond donors (Lipinski definition) is 2. The van der Waals surface area contributed by atoms with Gasteiger partial charge < -0.3 is 15.6 Å². The van der Waals surface area contributed by atoms with E-state index in [0.29, 0.717) is 5.76 Å². The number of aliphatic hydroxyl groups is 1. The number of nitrogens with two attached hydrogens (primary N) is 1. The van der Waals surface area contributed by atoms with E-state index in [1.165, 1.54) is 13.8 Å². The van der Waals surface area contributed by atoms with Crippen LogP contribution in [0.4, 0.5) is 0 Å². The van der Waals surface area contributed by atoms with Gasteiger partial charge in [-0.2, -0.15) is 0 Å². The summed E-state index contributed by atoms with van der Waals surface area (Å²) in [6.07, 6.45) is 3.42. The van der Waals surface area contributed by atoms with Crippen LogP contribution in [0.2, 0.25) is 0 Å². The second-order valence-corrected chi connectivity index (χ2v) is 6.49. The van der Waals surface area contributed by atoms with E-state index < -0.39 is 23.4 Å². The Labute approximate surface area is 119 Å². The van der Waals surface area contributed by atoms with Crippen molar-refractivity contribution in [3.63, 3.8) is 0 Å². The molecule has 2 atom stereocenters. The zero-order valence-electron chi connectivity index (χ0n) is 12.7. The largest absolute Gasteiger partial charge is 0.431 e. The Bertz CT molecular complexity index is 481. The Morgan fingerprint density at radius 2 is 2.00 bits per heavy atom. The zero-order valence-corrected chi connectivity index (χ0v) is 12.7. The maximum Gasteiger partial charge on any atom is 0.307 e. The molecule has 0 aromatic rings. The Hall–Kier alpha value is -1.62. The van der Waals surface area contributed by atoms with Crippen LogP contribution in [0.1, 0.15) is 41.0 Å². The SMILES string of the molecule is CC(=O)OC1=CC(C(C)(C)C)=C[C@@H](C(N)=O)[C@@](C)(O)C1. The molecule has 112 valence electrons. The first-order chi connectivity index (χ1) is 8.93. The van der Waals surface area contributed by atoms with Gasteiger partial charge in [0.1, 0.15) is 5.76 Å². The van der Waals surface area contributed by atoms with Crippen LogP contribution in [-0.2, 0) is 14.3 Å². The number of allylic oxidation sites excluding steroid dienone is 2. The molecule has 1 rings (SSSR count). The van der Waals surface area contributed by atoms with Gasteiger partial charge in [-0.15, -0.1) is 0 Å². The Balaban J connectivity index is 3.32. The standard InChI is InChI=1S/C15H23NO4/c1-9(17)20-11-6-10(14(2,3)4)7-12(13(16)18)15(5,19)8-11/h6-7,12,19H,8H2,1-5H3,(H2,16,18)/t12-,15-/m0/s1. The molecule has 20 heavy (non-hydrogen) atoms. The average molecular weight is 281 g/mol. The molecule has 0 heterocycles. The molecule has 5 heteroatoms. The highest BCUT2D eigenvalue weighted by Gasteiger charge is 2.39. The highest BCUT2D eigenvalue weighted by atomic mass is 16.5. The topological polar surface area (TPSA) is 89.6 Å². The molecule has 3 N–H and O–H groups in total. The van der Waals surface area contributed by atoms with E-state index >= 15 is 0 Å².